The lowest BCUT2D eigenvalue weighted by Gasteiger charge is -2.38. The van der Waals surface area contributed by atoms with E-state index in [9.17, 15) is 0 Å². The van der Waals surface area contributed by atoms with Gasteiger partial charge in [0.1, 0.15) is 0 Å². The van der Waals surface area contributed by atoms with E-state index in [-0.39, 0.29) is 0 Å². The molecule has 21 heavy (non-hydrogen) atoms. The predicted molar refractivity (Wildman–Crippen MR) is 90.3 cm³/mol. The first-order valence-electron chi connectivity index (χ1n) is 8.07. The lowest BCUT2D eigenvalue weighted by atomic mass is 10.2. The van der Waals surface area contributed by atoms with E-state index in [4.69, 9.17) is 11.6 Å². The van der Waals surface area contributed by atoms with Crippen LogP contribution >= 0.6 is 11.6 Å². The molecule has 1 heterocycles. The minimum absolute atomic E-state index is 0.413. The summed E-state index contributed by atoms with van der Waals surface area (Å²) in [5, 5.41) is 4.57. The van der Waals surface area contributed by atoms with Crippen LogP contribution in [0, 0.1) is 0 Å². The molecule has 0 amide bonds. The van der Waals surface area contributed by atoms with Crippen molar-refractivity contribution in [2.45, 2.75) is 38.3 Å². The molecule has 4 heteroatoms. The minimum Gasteiger partial charge on any atom is -0.369 e. The van der Waals surface area contributed by atoms with Crippen LogP contribution in [0.4, 0.5) is 5.69 Å². The number of nitrogens with zero attached hydrogens (tertiary/aromatic N) is 2. The summed E-state index contributed by atoms with van der Waals surface area (Å²) in [4.78, 5) is 5.08. The topological polar surface area (TPSA) is 18.5 Å². The van der Waals surface area contributed by atoms with Gasteiger partial charge in [-0.1, -0.05) is 25.4 Å². The predicted octanol–water partition coefficient (Wildman–Crippen LogP) is 2.99. The molecule has 1 aliphatic heterocycles. The Bertz CT molecular complexity index is 459. The quantitative estimate of drug-likeness (QED) is 0.902. The maximum absolute atomic E-state index is 5.96. The zero-order chi connectivity index (χ0) is 14.9. The third-order valence-electron chi connectivity index (χ3n) is 4.54. The smallest absolute Gasteiger partial charge is 0.0407 e. The van der Waals surface area contributed by atoms with Crippen molar-refractivity contribution in [3.05, 3.63) is 29.3 Å². The van der Waals surface area contributed by atoms with Crippen molar-refractivity contribution < 1.29 is 0 Å². The van der Waals surface area contributed by atoms with Crippen molar-refractivity contribution in [1.82, 2.24) is 10.2 Å². The Morgan fingerprint density at radius 1 is 1.10 bits per heavy atom. The largest absolute Gasteiger partial charge is 0.369 e. The number of benzene rings is 1. The number of hydrogen-bond donors (Lipinski definition) is 1. The van der Waals surface area contributed by atoms with Gasteiger partial charge < -0.3 is 10.2 Å². The number of piperazine rings is 1. The Balaban J connectivity index is 1.50. The summed E-state index contributed by atoms with van der Waals surface area (Å²) in [5.74, 6) is 0. The van der Waals surface area contributed by atoms with Gasteiger partial charge in [0.05, 0.1) is 0 Å². The zero-order valence-electron chi connectivity index (χ0n) is 13.1. The Hall–Kier alpha value is -0.770. The zero-order valence-corrected chi connectivity index (χ0v) is 13.9. The number of rotatable bonds is 5. The van der Waals surface area contributed by atoms with E-state index >= 15 is 0 Å². The first kappa shape index (κ1) is 15.1. The molecule has 116 valence electrons. The van der Waals surface area contributed by atoms with Gasteiger partial charge in [0, 0.05) is 55.0 Å². The molecule has 0 bridgehead atoms. The molecule has 1 N–H and O–H groups in total. The van der Waals surface area contributed by atoms with Crippen molar-refractivity contribution in [3.8, 4) is 0 Å². The molecule has 1 saturated heterocycles. The second-order valence-corrected chi connectivity index (χ2v) is 7.26. The summed E-state index contributed by atoms with van der Waals surface area (Å²) < 4.78 is 0. The number of halogens is 1. The highest BCUT2D eigenvalue weighted by molar-refractivity contribution is 6.30. The third-order valence-corrected chi connectivity index (χ3v) is 4.79. The molecular weight excluding hydrogens is 282 g/mol. The van der Waals surface area contributed by atoms with E-state index in [0.717, 1.165) is 31.2 Å². The Kier molecular flexibility index (Phi) is 4.43. The van der Waals surface area contributed by atoms with Crippen LogP contribution in [0.3, 0.4) is 0 Å². The van der Waals surface area contributed by atoms with E-state index in [1.165, 1.54) is 25.1 Å². The van der Waals surface area contributed by atoms with Gasteiger partial charge in [-0.25, -0.2) is 0 Å². The molecule has 3 nitrogen and oxygen atoms in total. The fourth-order valence-corrected chi connectivity index (χ4v) is 3.48. The molecule has 0 unspecified atom stereocenters. The lowest BCUT2D eigenvalue weighted by Crippen LogP contribution is -2.52. The molecule has 3 rings (SSSR count). The highest BCUT2D eigenvalue weighted by Gasteiger charge is 2.44. The van der Waals surface area contributed by atoms with Gasteiger partial charge in [0.2, 0.25) is 0 Å². The molecule has 2 aliphatic rings. The fraction of sp³-hybridized carbons (Fsp3) is 0.647. The first-order chi connectivity index (χ1) is 10.1. The van der Waals surface area contributed by atoms with E-state index in [2.05, 4.69) is 41.1 Å². The van der Waals surface area contributed by atoms with E-state index in [1.807, 2.05) is 12.1 Å². The summed E-state index contributed by atoms with van der Waals surface area (Å²) in [7, 11) is 0. The van der Waals surface area contributed by atoms with Gasteiger partial charge in [0.25, 0.3) is 0 Å². The van der Waals surface area contributed by atoms with E-state index in [0.29, 0.717) is 11.6 Å². The monoisotopic (exact) mass is 307 g/mol. The van der Waals surface area contributed by atoms with Gasteiger partial charge in [-0.05, 0) is 37.1 Å². The van der Waals surface area contributed by atoms with Crippen molar-refractivity contribution >= 4 is 17.3 Å². The minimum atomic E-state index is 0.413. The molecule has 0 radical (unpaired) electrons. The molecule has 1 aliphatic carbocycles. The standard InChI is InChI=1S/C17H26ClN3/c1-14(2)19-17(7-8-17)13-20-9-11-21(12-10-20)16-5-3-15(18)4-6-16/h3-6,14,19H,7-13H2,1-2H3. The Morgan fingerprint density at radius 2 is 1.71 bits per heavy atom. The molecular formula is C17H26ClN3. The van der Waals surface area contributed by atoms with Gasteiger partial charge in [-0.2, -0.15) is 0 Å². The molecule has 1 aromatic rings. The van der Waals surface area contributed by atoms with Crippen LogP contribution in [0.15, 0.2) is 24.3 Å². The van der Waals surface area contributed by atoms with Gasteiger partial charge in [-0.3, -0.25) is 4.90 Å². The van der Waals surface area contributed by atoms with Crippen molar-refractivity contribution in [2.75, 3.05) is 37.6 Å². The second kappa shape index (κ2) is 6.15. The average molecular weight is 308 g/mol. The van der Waals surface area contributed by atoms with Gasteiger partial charge >= 0.3 is 0 Å². The van der Waals surface area contributed by atoms with Crippen LogP contribution in [-0.4, -0.2) is 49.2 Å². The third kappa shape index (κ3) is 3.91. The van der Waals surface area contributed by atoms with Crippen LogP contribution in [-0.2, 0) is 0 Å². The molecule has 1 saturated carbocycles. The molecule has 0 aromatic heterocycles. The summed E-state index contributed by atoms with van der Waals surface area (Å²) in [6, 6.07) is 8.80. The molecule has 0 spiro atoms. The average Bonchev–Trinajstić information content (AvgIpc) is 3.19. The van der Waals surface area contributed by atoms with Crippen LogP contribution in [0.5, 0.6) is 0 Å². The number of anilines is 1. The summed E-state index contributed by atoms with van der Waals surface area (Å²) >= 11 is 5.96. The SMILES string of the molecule is CC(C)NC1(CN2CCN(c3ccc(Cl)cc3)CC2)CC1. The first-order valence-corrected chi connectivity index (χ1v) is 8.45. The van der Waals surface area contributed by atoms with E-state index in [1.54, 1.807) is 0 Å². The highest BCUT2D eigenvalue weighted by Crippen LogP contribution is 2.37. The normalized spacial score (nSPS) is 21.8. The molecule has 0 atom stereocenters. The molecule has 2 fully saturated rings. The van der Waals surface area contributed by atoms with Crippen molar-refractivity contribution in [2.24, 2.45) is 0 Å². The fourth-order valence-electron chi connectivity index (χ4n) is 3.36. The summed E-state index contributed by atoms with van der Waals surface area (Å²) in [5.41, 5.74) is 1.71. The molecule has 1 aromatic carbocycles. The van der Waals surface area contributed by atoms with Crippen LogP contribution in [0.1, 0.15) is 26.7 Å². The van der Waals surface area contributed by atoms with Gasteiger partial charge in [-0.15, -0.1) is 0 Å². The van der Waals surface area contributed by atoms with Gasteiger partial charge in [0.15, 0.2) is 0 Å². The van der Waals surface area contributed by atoms with Crippen LogP contribution < -0.4 is 10.2 Å². The van der Waals surface area contributed by atoms with E-state index < -0.39 is 0 Å². The number of nitrogens with one attached hydrogen (secondary N) is 1. The lowest BCUT2D eigenvalue weighted by molar-refractivity contribution is 0.215. The maximum Gasteiger partial charge on any atom is 0.0407 e. The number of hydrogen-bond acceptors (Lipinski definition) is 3. The van der Waals surface area contributed by atoms with Crippen molar-refractivity contribution in [1.29, 1.82) is 0 Å². The van der Waals surface area contributed by atoms with Crippen LogP contribution in [0.2, 0.25) is 5.02 Å². The second-order valence-electron chi connectivity index (χ2n) is 6.82. The van der Waals surface area contributed by atoms with Crippen LogP contribution in [0.25, 0.3) is 0 Å². The highest BCUT2D eigenvalue weighted by atomic mass is 35.5. The summed E-state index contributed by atoms with van der Waals surface area (Å²) in [6.07, 6.45) is 2.67. The van der Waals surface area contributed by atoms with Crippen molar-refractivity contribution in [3.63, 3.8) is 0 Å². The Morgan fingerprint density at radius 3 is 2.24 bits per heavy atom. The maximum atomic E-state index is 5.96. The Labute approximate surface area is 133 Å². The summed E-state index contributed by atoms with van der Waals surface area (Å²) in [6.45, 7) is 10.2.